The maximum Gasteiger partial charge on any atom is 0.0891 e. The molecule has 0 spiro atoms. The molecule has 3 nitrogen and oxygen atoms in total. The number of benzene rings is 3. The van der Waals surface area contributed by atoms with Crippen LogP contribution in [0.15, 0.2) is 63.5 Å². The van der Waals surface area contributed by atoms with Gasteiger partial charge in [-0.3, -0.25) is 0 Å². The highest BCUT2D eigenvalue weighted by Gasteiger charge is 2.15. The summed E-state index contributed by atoms with van der Waals surface area (Å²) in [5.41, 5.74) is 5.76. The zero-order valence-corrected chi connectivity index (χ0v) is 19.0. The third-order valence-electron chi connectivity index (χ3n) is 5.09. The van der Waals surface area contributed by atoms with Crippen molar-refractivity contribution in [3.05, 3.63) is 74.7 Å². The van der Waals surface area contributed by atoms with Crippen LogP contribution >= 0.6 is 31.9 Å². The van der Waals surface area contributed by atoms with Crippen LogP contribution < -0.4 is 5.32 Å². The predicted octanol–water partition coefficient (Wildman–Crippen LogP) is 6.41. The summed E-state index contributed by atoms with van der Waals surface area (Å²) in [6, 6.07) is 18.9. The van der Waals surface area contributed by atoms with Crippen molar-refractivity contribution in [2.45, 2.75) is 26.5 Å². The number of hydrogen-bond acceptors (Lipinski definition) is 2. The number of aliphatic hydroxyl groups excluding tert-OH is 1. The van der Waals surface area contributed by atoms with Gasteiger partial charge in [-0.2, -0.15) is 0 Å². The molecule has 1 atom stereocenters. The number of fused-ring (bicyclic) bond motifs is 3. The second kappa shape index (κ2) is 7.90. The first-order chi connectivity index (χ1) is 13.4. The molecular formula is C23H22Br2N2O. The first-order valence-electron chi connectivity index (χ1n) is 9.28. The van der Waals surface area contributed by atoms with Crippen molar-refractivity contribution >= 4 is 59.4 Å². The molecule has 0 saturated carbocycles. The number of nitrogens with one attached hydrogen (secondary N) is 1. The van der Waals surface area contributed by atoms with Crippen LogP contribution in [0.2, 0.25) is 0 Å². The van der Waals surface area contributed by atoms with Crippen LogP contribution in [0.25, 0.3) is 21.8 Å². The van der Waals surface area contributed by atoms with Gasteiger partial charge in [-0.25, -0.2) is 0 Å². The molecule has 2 N–H and O–H groups in total. The molecule has 3 aromatic carbocycles. The van der Waals surface area contributed by atoms with Gasteiger partial charge in [-0.1, -0.05) is 49.6 Å². The van der Waals surface area contributed by atoms with Crippen LogP contribution in [-0.4, -0.2) is 22.3 Å². The topological polar surface area (TPSA) is 37.2 Å². The second-order valence-corrected chi connectivity index (χ2v) is 9.12. The van der Waals surface area contributed by atoms with E-state index in [1.807, 2.05) is 12.1 Å². The van der Waals surface area contributed by atoms with E-state index in [-0.39, 0.29) is 0 Å². The molecule has 5 heteroatoms. The first-order valence-corrected chi connectivity index (χ1v) is 10.9. The zero-order chi connectivity index (χ0) is 19.8. The lowest BCUT2D eigenvalue weighted by Gasteiger charge is -2.17. The fraction of sp³-hybridized carbons (Fsp3) is 0.217. The standard InChI is InChI=1S/C23H22Br2N2O/c1-14-3-6-21(15(2)9-14)26-12-18(28)13-27-22-7-4-16(24)10-19(22)20-11-17(25)5-8-23(20)27/h3-11,18,26,28H,12-13H2,1-2H3. The number of aromatic nitrogens is 1. The fourth-order valence-electron chi connectivity index (χ4n) is 3.76. The Morgan fingerprint density at radius 3 is 2.07 bits per heavy atom. The van der Waals surface area contributed by atoms with Crippen molar-refractivity contribution in [2.75, 3.05) is 11.9 Å². The number of hydrogen-bond donors (Lipinski definition) is 2. The molecule has 144 valence electrons. The van der Waals surface area contributed by atoms with E-state index < -0.39 is 6.10 Å². The molecule has 0 aliphatic rings. The molecule has 0 aliphatic carbocycles. The van der Waals surface area contributed by atoms with Crippen molar-refractivity contribution in [3.63, 3.8) is 0 Å². The monoisotopic (exact) mass is 500 g/mol. The van der Waals surface area contributed by atoms with Crippen LogP contribution in [0.3, 0.4) is 0 Å². The van der Waals surface area contributed by atoms with Gasteiger partial charge in [-0.05, 0) is 61.9 Å². The minimum Gasteiger partial charge on any atom is -0.389 e. The van der Waals surface area contributed by atoms with Crippen molar-refractivity contribution in [1.29, 1.82) is 0 Å². The lowest BCUT2D eigenvalue weighted by atomic mass is 10.1. The van der Waals surface area contributed by atoms with Gasteiger partial charge >= 0.3 is 0 Å². The van der Waals surface area contributed by atoms with E-state index in [1.165, 1.54) is 21.9 Å². The second-order valence-electron chi connectivity index (χ2n) is 7.29. The highest BCUT2D eigenvalue weighted by atomic mass is 79.9. The average Bonchev–Trinajstić information content (AvgIpc) is 2.93. The molecule has 0 bridgehead atoms. The number of halogens is 2. The van der Waals surface area contributed by atoms with Crippen molar-refractivity contribution < 1.29 is 5.11 Å². The molecule has 4 rings (SSSR count). The van der Waals surface area contributed by atoms with E-state index in [2.05, 4.69) is 98.1 Å². The molecule has 0 aliphatic heterocycles. The molecule has 1 unspecified atom stereocenters. The largest absolute Gasteiger partial charge is 0.389 e. The summed E-state index contributed by atoms with van der Waals surface area (Å²) >= 11 is 7.16. The third kappa shape index (κ3) is 3.84. The molecule has 28 heavy (non-hydrogen) atoms. The molecular weight excluding hydrogens is 480 g/mol. The fourth-order valence-corrected chi connectivity index (χ4v) is 4.48. The van der Waals surface area contributed by atoms with Crippen LogP contribution in [0, 0.1) is 13.8 Å². The maximum atomic E-state index is 10.8. The van der Waals surface area contributed by atoms with Gasteiger partial charge in [0.15, 0.2) is 0 Å². The SMILES string of the molecule is Cc1ccc(NCC(O)Cn2c3ccc(Br)cc3c3cc(Br)ccc32)c(C)c1. The molecule has 4 aromatic rings. The number of aliphatic hydroxyl groups is 1. The average molecular weight is 502 g/mol. The summed E-state index contributed by atoms with van der Waals surface area (Å²) in [4.78, 5) is 0. The van der Waals surface area contributed by atoms with Crippen molar-refractivity contribution in [1.82, 2.24) is 4.57 Å². The maximum absolute atomic E-state index is 10.8. The summed E-state index contributed by atoms with van der Waals surface area (Å²) < 4.78 is 4.31. The minimum atomic E-state index is -0.508. The summed E-state index contributed by atoms with van der Waals surface area (Å²) in [5, 5.41) is 16.5. The Hall–Kier alpha value is -1.82. The van der Waals surface area contributed by atoms with Crippen LogP contribution in [0.4, 0.5) is 5.69 Å². The smallest absolute Gasteiger partial charge is 0.0891 e. The van der Waals surface area contributed by atoms with Crippen molar-refractivity contribution in [2.24, 2.45) is 0 Å². The molecule has 0 amide bonds. The highest BCUT2D eigenvalue weighted by molar-refractivity contribution is 9.10. The Bertz CT molecular complexity index is 1110. The number of nitrogens with zero attached hydrogens (tertiary/aromatic N) is 1. The van der Waals surface area contributed by atoms with Gasteiger partial charge in [0.25, 0.3) is 0 Å². The van der Waals surface area contributed by atoms with Crippen LogP contribution in [0.5, 0.6) is 0 Å². The summed E-state index contributed by atoms with van der Waals surface area (Å²) in [6.45, 7) is 5.20. The Kier molecular flexibility index (Phi) is 5.50. The lowest BCUT2D eigenvalue weighted by molar-refractivity contribution is 0.169. The van der Waals surface area contributed by atoms with Crippen LogP contribution in [0.1, 0.15) is 11.1 Å². The van der Waals surface area contributed by atoms with E-state index in [4.69, 9.17) is 0 Å². The van der Waals surface area contributed by atoms with Gasteiger partial charge in [0.2, 0.25) is 0 Å². The van der Waals surface area contributed by atoms with Gasteiger partial charge in [-0.15, -0.1) is 0 Å². The number of rotatable bonds is 5. The Balaban J connectivity index is 1.63. The van der Waals surface area contributed by atoms with E-state index in [1.54, 1.807) is 0 Å². The van der Waals surface area contributed by atoms with E-state index in [0.29, 0.717) is 13.1 Å². The molecule has 1 aromatic heterocycles. The van der Waals surface area contributed by atoms with E-state index in [0.717, 1.165) is 25.7 Å². The summed E-state index contributed by atoms with van der Waals surface area (Å²) in [7, 11) is 0. The van der Waals surface area contributed by atoms with Crippen molar-refractivity contribution in [3.8, 4) is 0 Å². The van der Waals surface area contributed by atoms with Gasteiger partial charge in [0.05, 0.1) is 12.6 Å². The van der Waals surface area contributed by atoms with Crippen LogP contribution in [-0.2, 0) is 6.54 Å². The number of aryl methyl sites for hydroxylation is 2. The van der Waals surface area contributed by atoms with E-state index in [9.17, 15) is 5.11 Å². The number of anilines is 1. The summed E-state index contributed by atoms with van der Waals surface area (Å²) in [6.07, 6.45) is -0.508. The van der Waals surface area contributed by atoms with Gasteiger partial charge in [0, 0.05) is 43.0 Å². The quantitative estimate of drug-likeness (QED) is 0.331. The molecule has 1 heterocycles. The van der Waals surface area contributed by atoms with Gasteiger partial charge in [0.1, 0.15) is 0 Å². The zero-order valence-electron chi connectivity index (χ0n) is 15.8. The van der Waals surface area contributed by atoms with Gasteiger partial charge < -0.3 is 15.0 Å². The minimum absolute atomic E-state index is 0.498. The van der Waals surface area contributed by atoms with E-state index >= 15 is 0 Å². The summed E-state index contributed by atoms with van der Waals surface area (Å²) in [5.74, 6) is 0. The lowest BCUT2D eigenvalue weighted by Crippen LogP contribution is -2.25. The normalized spacial score (nSPS) is 12.6. The first kappa shape index (κ1) is 19.5. The predicted molar refractivity (Wildman–Crippen MR) is 125 cm³/mol. The molecule has 0 saturated heterocycles. The Labute approximate surface area is 181 Å². The Morgan fingerprint density at radius 1 is 0.893 bits per heavy atom. The third-order valence-corrected chi connectivity index (χ3v) is 6.08. The molecule has 0 fully saturated rings. The Morgan fingerprint density at radius 2 is 1.50 bits per heavy atom. The molecule has 0 radical (unpaired) electrons. The highest BCUT2D eigenvalue weighted by Crippen LogP contribution is 2.33.